The normalized spacial score (nSPS) is 22.5. The van der Waals surface area contributed by atoms with Gasteiger partial charge in [-0.1, -0.05) is 19.0 Å². The highest BCUT2D eigenvalue weighted by Crippen LogP contribution is 2.26. The standard InChI is InChI=1S/C11H16N2O4S/c1-7(2)9(14)5-10-12-11(13-17-10)8-3-4-18(15,16)6-8/h7-8H,3-6H2,1-2H3. The highest BCUT2D eigenvalue weighted by atomic mass is 32.2. The van der Waals surface area contributed by atoms with E-state index in [1.54, 1.807) is 0 Å². The van der Waals surface area contributed by atoms with Gasteiger partial charge in [-0.15, -0.1) is 0 Å². The Labute approximate surface area is 106 Å². The summed E-state index contributed by atoms with van der Waals surface area (Å²) < 4.78 is 27.7. The molecular formula is C11H16N2O4S. The molecule has 2 heterocycles. The van der Waals surface area contributed by atoms with Gasteiger partial charge < -0.3 is 4.52 Å². The van der Waals surface area contributed by atoms with E-state index in [-0.39, 0.29) is 41.4 Å². The molecule has 0 bridgehead atoms. The fraction of sp³-hybridized carbons (Fsp3) is 0.727. The molecule has 2 rings (SSSR count). The predicted molar refractivity (Wildman–Crippen MR) is 63.9 cm³/mol. The second-order valence-corrected chi connectivity index (χ2v) is 7.17. The predicted octanol–water partition coefficient (Wildman–Crippen LogP) is 0.739. The third-order valence-corrected chi connectivity index (χ3v) is 4.82. The first kappa shape index (κ1) is 13.2. The molecule has 1 aliphatic rings. The molecular weight excluding hydrogens is 256 g/mol. The average molecular weight is 272 g/mol. The maximum atomic E-state index is 11.5. The van der Waals surface area contributed by atoms with Crippen molar-refractivity contribution in [2.75, 3.05) is 11.5 Å². The van der Waals surface area contributed by atoms with Gasteiger partial charge in [-0.3, -0.25) is 4.79 Å². The first-order valence-corrected chi connectivity index (χ1v) is 7.75. The molecule has 1 aromatic rings. The van der Waals surface area contributed by atoms with Crippen LogP contribution in [0, 0.1) is 5.92 Å². The molecule has 1 saturated heterocycles. The van der Waals surface area contributed by atoms with Crippen molar-refractivity contribution < 1.29 is 17.7 Å². The minimum absolute atomic E-state index is 0.0317. The lowest BCUT2D eigenvalue weighted by Crippen LogP contribution is -2.10. The number of aromatic nitrogens is 2. The SMILES string of the molecule is CC(C)C(=O)Cc1nc(C2CCS(=O)(=O)C2)no1. The van der Waals surface area contributed by atoms with Crippen LogP contribution in [-0.4, -0.2) is 35.8 Å². The average Bonchev–Trinajstić information content (AvgIpc) is 2.84. The van der Waals surface area contributed by atoms with Crippen LogP contribution in [0.5, 0.6) is 0 Å². The van der Waals surface area contributed by atoms with E-state index in [1.165, 1.54) is 0 Å². The number of hydrogen-bond acceptors (Lipinski definition) is 6. The third kappa shape index (κ3) is 2.95. The Balaban J connectivity index is 2.05. The van der Waals surface area contributed by atoms with Crippen LogP contribution in [-0.2, 0) is 21.1 Å². The molecule has 0 radical (unpaired) electrons. The summed E-state index contributed by atoms with van der Waals surface area (Å²) in [6.45, 7) is 3.62. The van der Waals surface area contributed by atoms with Crippen LogP contribution in [0.3, 0.4) is 0 Å². The molecule has 0 amide bonds. The van der Waals surface area contributed by atoms with Crippen LogP contribution in [0.25, 0.3) is 0 Å². The Morgan fingerprint density at radius 2 is 2.22 bits per heavy atom. The number of hydrogen-bond donors (Lipinski definition) is 0. The van der Waals surface area contributed by atoms with E-state index < -0.39 is 9.84 Å². The number of rotatable bonds is 4. The minimum atomic E-state index is -2.96. The summed E-state index contributed by atoms with van der Waals surface area (Å²) in [5.41, 5.74) is 0. The Hall–Kier alpha value is -1.24. The first-order chi connectivity index (χ1) is 8.37. The molecule has 100 valence electrons. The number of Topliss-reactive ketones (excluding diaryl/α,β-unsaturated/α-hetero) is 1. The lowest BCUT2D eigenvalue weighted by Gasteiger charge is -1.99. The molecule has 0 saturated carbocycles. The first-order valence-electron chi connectivity index (χ1n) is 5.93. The van der Waals surface area contributed by atoms with Gasteiger partial charge >= 0.3 is 0 Å². The van der Waals surface area contributed by atoms with Crippen LogP contribution in [0.2, 0.25) is 0 Å². The van der Waals surface area contributed by atoms with Crippen molar-refractivity contribution in [3.63, 3.8) is 0 Å². The molecule has 0 aromatic carbocycles. The second kappa shape index (κ2) is 4.79. The number of carbonyl (C=O) groups excluding carboxylic acids is 1. The van der Waals surface area contributed by atoms with Gasteiger partial charge in [-0.05, 0) is 6.42 Å². The number of carbonyl (C=O) groups is 1. The highest BCUT2D eigenvalue weighted by molar-refractivity contribution is 7.91. The number of ketones is 1. The van der Waals surface area contributed by atoms with E-state index in [4.69, 9.17) is 4.52 Å². The largest absolute Gasteiger partial charge is 0.339 e. The Morgan fingerprint density at radius 3 is 2.78 bits per heavy atom. The fourth-order valence-electron chi connectivity index (χ4n) is 1.86. The van der Waals surface area contributed by atoms with Gasteiger partial charge in [0.1, 0.15) is 5.78 Å². The van der Waals surface area contributed by atoms with E-state index >= 15 is 0 Å². The van der Waals surface area contributed by atoms with Gasteiger partial charge in [-0.2, -0.15) is 4.98 Å². The second-order valence-electron chi connectivity index (χ2n) is 4.94. The van der Waals surface area contributed by atoms with Crippen molar-refractivity contribution in [3.05, 3.63) is 11.7 Å². The van der Waals surface area contributed by atoms with Gasteiger partial charge in [-0.25, -0.2) is 8.42 Å². The van der Waals surface area contributed by atoms with Crippen molar-refractivity contribution in [1.29, 1.82) is 0 Å². The Kier molecular flexibility index (Phi) is 3.52. The Bertz CT molecular complexity index is 547. The van der Waals surface area contributed by atoms with E-state index in [0.29, 0.717) is 12.2 Å². The maximum absolute atomic E-state index is 11.5. The van der Waals surface area contributed by atoms with E-state index in [0.717, 1.165) is 0 Å². The molecule has 0 N–H and O–H groups in total. The van der Waals surface area contributed by atoms with Crippen LogP contribution >= 0.6 is 0 Å². The molecule has 1 aromatic heterocycles. The van der Waals surface area contributed by atoms with Crippen molar-refractivity contribution in [2.24, 2.45) is 5.92 Å². The molecule has 1 unspecified atom stereocenters. The zero-order valence-electron chi connectivity index (χ0n) is 10.4. The maximum Gasteiger partial charge on any atom is 0.234 e. The highest BCUT2D eigenvalue weighted by Gasteiger charge is 2.32. The minimum Gasteiger partial charge on any atom is -0.339 e. The molecule has 18 heavy (non-hydrogen) atoms. The summed E-state index contributed by atoms with van der Waals surface area (Å²) in [4.78, 5) is 15.6. The summed E-state index contributed by atoms with van der Waals surface area (Å²) >= 11 is 0. The summed E-state index contributed by atoms with van der Waals surface area (Å²) in [5, 5.41) is 3.77. The Morgan fingerprint density at radius 1 is 1.50 bits per heavy atom. The van der Waals surface area contributed by atoms with Crippen molar-refractivity contribution in [3.8, 4) is 0 Å². The summed E-state index contributed by atoms with van der Waals surface area (Å²) in [5.74, 6) is 0.685. The van der Waals surface area contributed by atoms with Crippen LogP contribution < -0.4 is 0 Å². The third-order valence-electron chi connectivity index (χ3n) is 3.05. The summed E-state index contributed by atoms with van der Waals surface area (Å²) in [7, 11) is -2.96. The van der Waals surface area contributed by atoms with Crippen molar-refractivity contribution in [2.45, 2.75) is 32.6 Å². The van der Waals surface area contributed by atoms with Gasteiger partial charge in [0, 0.05) is 11.8 Å². The molecule has 0 aliphatic carbocycles. The van der Waals surface area contributed by atoms with Crippen molar-refractivity contribution >= 4 is 15.6 Å². The molecule has 7 heteroatoms. The zero-order chi connectivity index (χ0) is 13.3. The van der Waals surface area contributed by atoms with E-state index in [9.17, 15) is 13.2 Å². The van der Waals surface area contributed by atoms with Gasteiger partial charge in [0.2, 0.25) is 5.89 Å². The summed E-state index contributed by atoms with van der Waals surface area (Å²) in [6, 6.07) is 0. The monoisotopic (exact) mass is 272 g/mol. The number of nitrogens with zero attached hydrogens (tertiary/aromatic N) is 2. The smallest absolute Gasteiger partial charge is 0.234 e. The molecule has 1 aliphatic heterocycles. The molecule has 0 spiro atoms. The summed E-state index contributed by atoms with van der Waals surface area (Å²) in [6.07, 6.45) is 0.642. The number of sulfone groups is 1. The van der Waals surface area contributed by atoms with Gasteiger partial charge in [0.25, 0.3) is 0 Å². The lowest BCUT2D eigenvalue weighted by atomic mass is 10.1. The molecule has 1 fully saturated rings. The zero-order valence-corrected chi connectivity index (χ0v) is 11.2. The van der Waals surface area contributed by atoms with Crippen LogP contribution in [0.4, 0.5) is 0 Å². The van der Waals surface area contributed by atoms with E-state index in [1.807, 2.05) is 13.8 Å². The molecule has 1 atom stereocenters. The van der Waals surface area contributed by atoms with Crippen LogP contribution in [0.15, 0.2) is 4.52 Å². The van der Waals surface area contributed by atoms with Crippen molar-refractivity contribution in [1.82, 2.24) is 10.1 Å². The van der Waals surface area contributed by atoms with Gasteiger partial charge in [0.05, 0.1) is 17.9 Å². The lowest BCUT2D eigenvalue weighted by molar-refractivity contribution is -0.121. The quantitative estimate of drug-likeness (QED) is 0.803. The molecule has 6 nitrogen and oxygen atoms in total. The van der Waals surface area contributed by atoms with E-state index in [2.05, 4.69) is 10.1 Å². The fourth-order valence-corrected chi connectivity index (χ4v) is 3.60. The van der Waals surface area contributed by atoms with Crippen LogP contribution in [0.1, 0.15) is 37.9 Å². The van der Waals surface area contributed by atoms with Gasteiger partial charge in [0.15, 0.2) is 15.7 Å². The topological polar surface area (TPSA) is 90.1 Å².